The minimum Gasteiger partial charge on any atom is -0.304 e. The average Bonchev–Trinajstić information content (AvgIpc) is 2.59. The van der Waals surface area contributed by atoms with Crippen molar-refractivity contribution in [3.05, 3.63) is 54.4 Å². The molecule has 6 nitrogen and oxygen atoms in total. The Kier molecular flexibility index (Phi) is 5.13. The molecule has 1 aromatic carbocycles. The van der Waals surface area contributed by atoms with E-state index in [2.05, 4.69) is 26.6 Å². The molecule has 0 saturated carbocycles. The predicted octanol–water partition coefficient (Wildman–Crippen LogP) is 1.63. The van der Waals surface area contributed by atoms with Gasteiger partial charge in [-0.1, -0.05) is 12.1 Å². The van der Waals surface area contributed by atoms with E-state index < -0.39 is 10.0 Å². The SMILES string of the molecule is CN1CCN(Cc2ccc(NS(=O)(=O)c3cccnc3)cc2)CC1. The molecule has 2 heterocycles. The van der Waals surface area contributed by atoms with Gasteiger partial charge in [-0.3, -0.25) is 14.6 Å². The number of hydrogen-bond donors (Lipinski definition) is 1. The zero-order chi connectivity index (χ0) is 17.0. The average molecular weight is 346 g/mol. The van der Waals surface area contributed by atoms with E-state index in [0.717, 1.165) is 32.7 Å². The second kappa shape index (κ2) is 7.29. The van der Waals surface area contributed by atoms with Crippen molar-refractivity contribution < 1.29 is 8.42 Å². The topological polar surface area (TPSA) is 65.5 Å². The molecule has 0 unspecified atom stereocenters. The Balaban J connectivity index is 1.62. The predicted molar refractivity (Wildman–Crippen MR) is 94.3 cm³/mol. The number of sulfonamides is 1. The lowest BCUT2D eigenvalue weighted by Crippen LogP contribution is -2.43. The number of rotatable bonds is 5. The highest BCUT2D eigenvalue weighted by Crippen LogP contribution is 2.17. The van der Waals surface area contributed by atoms with Gasteiger partial charge in [0.1, 0.15) is 4.90 Å². The molecule has 0 aliphatic carbocycles. The van der Waals surface area contributed by atoms with Crippen LogP contribution in [0.15, 0.2) is 53.7 Å². The minimum atomic E-state index is -3.59. The van der Waals surface area contributed by atoms with Gasteiger partial charge < -0.3 is 4.90 Å². The molecule has 1 saturated heterocycles. The summed E-state index contributed by atoms with van der Waals surface area (Å²) in [4.78, 5) is 8.75. The molecule has 1 fully saturated rings. The van der Waals surface area contributed by atoms with E-state index in [1.54, 1.807) is 24.4 Å². The number of nitrogens with one attached hydrogen (secondary N) is 1. The highest BCUT2D eigenvalue weighted by Gasteiger charge is 2.15. The molecule has 0 spiro atoms. The molecule has 0 radical (unpaired) electrons. The normalized spacial score (nSPS) is 16.9. The maximum absolute atomic E-state index is 12.3. The van der Waals surface area contributed by atoms with Gasteiger partial charge in [-0.2, -0.15) is 0 Å². The highest BCUT2D eigenvalue weighted by molar-refractivity contribution is 7.92. The monoisotopic (exact) mass is 346 g/mol. The van der Waals surface area contributed by atoms with Crippen molar-refractivity contribution in [1.29, 1.82) is 0 Å². The number of likely N-dealkylation sites (N-methyl/N-ethyl adjacent to an activating group) is 1. The molecular formula is C17H22N4O2S. The van der Waals surface area contributed by atoms with Crippen LogP contribution in [-0.2, 0) is 16.6 Å². The molecule has 24 heavy (non-hydrogen) atoms. The van der Waals surface area contributed by atoms with Gasteiger partial charge >= 0.3 is 0 Å². The fourth-order valence-corrected chi connectivity index (χ4v) is 3.68. The van der Waals surface area contributed by atoms with Gasteiger partial charge in [0, 0.05) is 50.8 Å². The Morgan fingerprint density at radius 3 is 2.42 bits per heavy atom. The Hall–Kier alpha value is -1.96. The number of aromatic nitrogens is 1. The smallest absolute Gasteiger partial charge is 0.263 e. The van der Waals surface area contributed by atoms with Crippen LogP contribution in [0.4, 0.5) is 5.69 Å². The van der Waals surface area contributed by atoms with Crippen LogP contribution in [0.1, 0.15) is 5.56 Å². The van der Waals surface area contributed by atoms with Crippen molar-refractivity contribution >= 4 is 15.7 Å². The van der Waals surface area contributed by atoms with Crippen molar-refractivity contribution in [1.82, 2.24) is 14.8 Å². The summed E-state index contributed by atoms with van der Waals surface area (Å²) in [5.41, 5.74) is 1.74. The van der Waals surface area contributed by atoms with Crippen molar-refractivity contribution in [2.75, 3.05) is 37.9 Å². The lowest BCUT2D eigenvalue weighted by molar-refractivity contribution is 0.148. The Bertz CT molecular complexity index is 755. The summed E-state index contributed by atoms with van der Waals surface area (Å²) in [6.07, 6.45) is 2.89. The number of benzene rings is 1. The van der Waals surface area contributed by atoms with Gasteiger partial charge in [0.15, 0.2) is 0 Å². The summed E-state index contributed by atoms with van der Waals surface area (Å²) in [5.74, 6) is 0. The van der Waals surface area contributed by atoms with Crippen molar-refractivity contribution in [3.8, 4) is 0 Å². The van der Waals surface area contributed by atoms with E-state index in [1.807, 2.05) is 12.1 Å². The molecule has 7 heteroatoms. The largest absolute Gasteiger partial charge is 0.304 e. The van der Waals surface area contributed by atoms with E-state index in [9.17, 15) is 8.42 Å². The lowest BCUT2D eigenvalue weighted by atomic mass is 10.2. The molecule has 0 bridgehead atoms. The minimum absolute atomic E-state index is 0.159. The van der Waals surface area contributed by atoms with Crippen LogP contribution >= 0.6 is 0 Å². The standard InChI is InChI=1S/C17H22N4O2S/c1-20-9-11-21(12-10-20)14-15-4-6-16(7-5-15)19-24(22,23)17-3-2-8-18-13-17/h2-8,13,19H,9-12,14H2,1H3. The molecule has 1 aliphatic heterocycles. The van der Waals surface area contributed by atoms with Crippen molar-refractivity contribution in [2.45, 2.75) is 11.4 Å². The fourth-order valence-electron chi connectivity index (χ4n) is 2.66. The molecule has 1 aromatic heterocycles. The molecule has 3 rings (SSSR count). The fraction of sp³-hybridized carbons (Fsp3) is 0.353. The van der Waals surface area contributed by atoms with Crippen LogP contribution in [0.3, 0.4) is 0 Å². The molecule has 2 aromatic rings. The summed E-state index contributed by atoms with van der Waals surface area (Å²) in [7, 11) is -1.45. The van der Waals surface area contributed by atoms with E-state index in [0.29, 0.717) is 5.69 Å². The van der Waals surface area contributed by atoms with Crippen LogP contribution in [0.5, 0.6) is 0 Å². The third-order valence-electron chi connectivity index (χ3n) is 4.15. The maximum Gasteiger partial charge on any atom is 0.263 e. The number of anilines is 1. The third-order valence-corrected chi connectivity index (χ3v) is 5.52. The Morgan fingerprint density at radius 2 is 1.79 bits per heavy atom. The summed E-state index contributed by atoms with van der Waals surface area (Å²) >= 11 is 0. The summed E-state index contributed by atoms with van der Waals surface area (Å²) in [5, 5.41) is 0. The summed E-state index contributed by atoms with van der Waals surface area (Å²) in [6, 6.07) is 10.7. The molecule has 1 N–H and O–H groups in total. The quantitative estimate of drug-likeness (QED) is 0.891. The molecule has 0 amide bonds. The Morgan fingerprint density at radius 1 is 1.08 bits per heavy atom. The van der Waals surface area contributed by atoms with Crippen molar-refractivity contribution in [3.63, 3.8) is 0 Å². The molecule has 0 atom stereocenters. The lowest BCUT2D eigenvalue weighted by Gasteiger charge is -2.32. The maximum atomic E-state index is 12.3. The van der Waals surface area contributed by atoms with Gasteiger partial charge in [-0.15, -0.1) is 0 Å². The number of nitrogens with zero attached hydrogens (tertiary/aromatic N) is 3. The van der Waals surface area contributed by atoms with Crippen LogP contribution in [0.2, 0.25) is 0 Å². The second-order valence-electron chi connectivity index (χ2n) is 6.07. The first-order chi connectivity index (χ1) is 11.5. The number of piperazine rings is 1. The highest BCUT2D eigenvalue weighted by atomic mass is 32.2. The van der Waals surface area contributed by atoms with Crippen LogP contribution in [0.25, 0.3) is 0 Å². The molecular weight excluding hydrogens is 324 g/mol. The van der Waals surface area contributed by atoms with E-state index in [1.165, 1.54) is 17.8 Å². The summed E-state index contributed by atoms with van der Waals surface area (Å²) < 4.78 is 27.1. The van der Waals surface area contributed by atoms with Gasteiger partial charge in [-0.25, -0.2) is 8.42 Å². The molecule has 128 valence electrons. The van der Waals surface area contributed by atoms with E-state index in [4.69, 9.17) is 0 Å². The van der Waals surface area contributed by atoms with Gasteiger partial charge in [0.05, 0.1) is 0 Å². The zero-order valence-corrected chi connectivity index (χ0v) is 14.5. The first-order valence-corrected chi connectivity index (χ1v) is 9.44. The van der Waals surface area contributed by atoms with Crippen LogP contribution in [-0.4, -0.2) is 56.4 Å². The zero-order valence-electron chi connectivity index (χ0n) is 13.7. The first-order valence-electron chi connectivity index (χ1n) is 7.96. The second-order valence-corrected chi connectivity index (χ2v) is 7.75. The third kappa shape index (κ3) is 4.31. The van der Waals surface area contributed by atoms with Gasteiger partial charge in [0.25, 0.3) is 10.0 Å². The van der Waals surface area contributed by atoms with E-state index >= 15 is 0 Å². The van der Waals surface area contributed by atoms with Crippen LogP contribution in [0, 0.1) is 0 Å². The first kappa shape index (κ1) is 16.9. The molecule has 1 aliphatic rings. The van der Waals surface area contributed by atoms with Gasteiger partial charge in [0.2, 0.25) is 0 Å². The van der Waals surface area contributed by atoms with Crippen LogP contribution < -0.4 is 4.72 Å². The Labute approximate surface area is 143 Å². The van der Waals surface area contributed by atoms with E-state index in [-0.39, 0.29) is 4.90 Å². The number of pyridine rings is 1. The summed E-state index contributed by atoms with van der Waals surface area (Å²) in [6.45, 7) is 5.19. The van der Waals surface area contributed by atoms with Crippen molar-refractivity contribution in [2.24, 2.45) is 0 Å². The van der Waals surface area contributed by atoms with Gasteiger partial charge in [-0.05, 0) is 36.9 Å². The number of hydrogen-bond acceptors (Lipinski definition) is 5.